The molecule has 0 aliphatic heterocycles. The molecule has 0 heterocycles. The Balaban J connectivity index is 1.51. The fourth-order valence-electron chi connectivity index (χ4n) is 6.19. The van der Waals surface area contributed by atoms with Crippen LogP contribution in [-0.2, 0) is 11.8 Å². The zero-order chi connectivity index (χ0) is 21.4. The number of carbonyl (C=O) groups is 1. The van der Waals surface area contributed by atoms with Gasteiger partial charge in [-0.1, -0.05) is 70.5 Å². The molecule has 0 radical (unpaired) electrons. The number of carbonyl (C=O) groups excluding carboxylic acids is 1. The van der Waals surface area contributed by atoms with Crippen LogP contribution in [0.4, 0.5) is 10.5 Å². The van der Waals surface area contributed by atoms with Crippen LogP contribution in [0.5, 0.6) is 0 Å². The Hall–Kier alpha value is -2.29. The van der Waals surface area contributed by atoms with Gasteiger partial charge in [-0.15, -0.1) is 0 Å². The van der Waals surface area contributed by atoms with Crippen molar-refractivity contribution in [3.05, 3.63) is 65.2 Å². The van der Waals surface area contributed by atoms with E-state index in [1.54, 1.807) is 11.1 Å². The highest BCUT2D eigenvalue weighted by molar-refractivity contribution is 5.89. The van der Waals surface area contributed by atoms with E-state index in [1.165, 1.54) is 31.2 Å². The predicted molar refractivity (Wildman–Crippen MR) is 125 cm³/mol. The highest BCUT2D eigenvalue weighted by Gasteiger charge is 2.51. The summed E-state index contributed by atoms with van der Waals surface area (Å²) in [6, 6.07) is 16.8. The zero-order valence-corrected chi connectivity index (χ0v) is 18.9. The van der Waals surface area contributed by atoms with Gasteiger partial charge in [-0.3, -0.25) is 0 Å². The number of hydrogen-bond donors (Lipinski definition) is 2. The van der Waals surface area contributed by atoms with Gasteiger partial charge in [0.25, 0.3) is 0 Å². The van der Waals surface area contributed by atoms with Crippen LogP contribution in [0.25, 0.3) is 0 Å². The Morgan fingerprint density at radius 3 is 2.60 bits per heavy atom. The number of benzene rings is 2. The van der Waals surface area contributed by atoms with E-state index >= 15 is 0 Å². The average molecular weight is 405 g/mol. The molecular weight excluding hydrogens is 368 g/mol. The minimum Gasteiger partial charge on any atom is -0.337 e. The largest absolute Gasteiger partial charge is 0.337 e. The maximum Gasteiger partial charge on any atom is 0.319 e. The number of anilines is 1. The van der Waals surface area contributed by atoms with Crippen LogP contribution in [0.3, 0.4) is 0 Å². The van der Waals surface area contributed by atoms with Gasteiger partial charge in [0.1, 0.15) is 0 Å². The third-order valence-corrected chi connectivity index (χ3v) is 7.85. The van der Waals surface area contributed by atoms with Crippen molar-refractivity contribution in [3.8, 4) is 0 Å². The molecule has 0 saturated heterocycles. The Morgan fingerprint density at radius 2 is 1.87 bits per heavy atom. The third kappa shape index (κ3) is 3.87. The van der Waals surface area contributed by atoms with E-state index in [0.717, 1.165) is 18.7 Å². The zero-order valence-electron chi connectivity index (χ0n) is 18.9. The van der Waals surface area contributed by atoms with Gasteiger partial charge in [0.2, 0.25) is 0 Å². The number of aryl methyl sites for hydroxylation is 1. The van der Waals surface area contributed by atoms with E-state index in [9.17, 15) is 4.79 Å². The first-order valence-electron chi connectivity index (χ1n) is 11.5. The highest BCUT2D eigenvalue weighted by Crippen LogP contribution is 2.57. The number of para-hydroxylation sites is 1. The minimum atomic E-state index is -0.104. The second kappa shape index (κ2) is 8.09. The Labute approximate surface area is 181 Å². The number of nitrogens with one attached hydrogen (secondary N) is 2. The third-order valence-electron chi connectivity index (χ3n) is 7.85. The Bertz CT molecular complexity index is 906. The summed E-state index contributed by atoms with van der Waals surface area (Å²) in [5.74, 6) is 1.16. The molecule has 0 spiro atoms. The topological polar surface area (TPSA) is 41.1 Å². The molecule has 2 amide bonds. The van der Waals surface area contributed by atoms with Gasteiger partial charge in [-0.05, 0) is 77.2 Å². The van der Waals surface area contributed by atoms with E-state index in [2.05, 4.69) is 56.5 Å². The summed E-state index contributed by atoms with van der Waals surface area (Å²) in [4.78, 5) is 12.5. The quantitative estimate of drug-likeness (QED) is 0.589. The van der Waals surface area contributed by atoms with Crippen LogP contribution in [0.15, 0.2) is 48.5 Å². The molecule has 160 valence electrons. The fraction of sp³-hybridized carbons (Fsp3) is 0.519. The van der Waals surface area contributed by atoms with Gasteiger partial charge < -0.3 is 10.6 Å². The summed E-state index contributed by atoms with van der Waals surface area (Å²) in [5, 5.41) is 6.15. The van der Waals surface area contributed by atoms with Crippen molar-refractivity contribution in [1.82, 2.24) is 5.32 Å². The van der Waals surface area contributed by atoms with Gasteiger partial charge in [0, 0.05) is 12.2 Å². The van der Waals surface area contributed by atoms with Crippen LogP contribution in [0.1, 0.15) is 76.0 Å². The van der Waals surface area contributed by atoms with E-state index in [1.807, 2.05) is 30.3 Å². The van der Waals surface area contributed by atoms with Crippen molar-refractivity contribution in [3.63, 3.8) is 0 Å². The van der Waals surface area contributed by atoms with Gasteiger partial charge >= 0.3 is 6.03 Å². The van der Waals surface area contributed by atoms with Crippen LogP contribution in [-0.4, -0.2) is 12.6 Å². The Kier molecular flexibility index (Phi) is 5.65. The van der Waals surface area contributed by atoms with E-state index in [-0.39, 0.29) is 16.9 Å². The average Bonchev–Trinajstić information content (AvgIpc) is 2.72. The molecule has 2 N–H and O–H groups in total. The summed E-state index contributed by atoms with van der Waals surface area (Å²) in [6.45, 7) is 10.2. The molecule has 4 rings (SSSR count). The minimum absolute atomic E-state index is 0.104. The van der Waals surface area contributed by atoms with Crippen molar-refractivity contribution >= 4 is 11.7 Å². The number of urea groups is 1. The molecule has 2 aliphatic rings. The van der Waals surface area contributed by atoms with Gasteiger partial charge in [-0.2, -0.15) is 0 Å². The molecule has 2 aromatic rings. The maximum absolute atomic E-state index is 12.5. The normalized spacial score (nSPS) is 27.8. The standard InChI is InChI=1S/C27H36N2O/c1-19(2)20-11-13-23-21(17-20)12-14-24-26(3,15-8-16-27(23,24)4)18-28-25(30)29-22-9-6-5-7-10-22/h5-7,9-11,13,17,19,24H,8,12,14-16,18H2,1-4H3,(H2,28,29,30)/t24-,26-,27+/m1/s1. The number of hydrogen-bond acceptors (Lipinski definition) is 1. The van der Waals surface area contributed by atoms with Crippen LogP contribution < -0.4 is 10.6 Å². The monoisotopic (exact) mass is 404 g/mol. The summed E-state index contributed by atoms with van der Waals surface area (Å²) >= 11 is 0. The molecule has 3 heteroatoms. The lowest BCUT2D eigenvalue weighted by Gasteiger charge is -2.55. The lowest BCUT2D eigenvalue weighted by Crippen LogP contribution is -2.53. The summed E-state index contributed by atoms with van der Waals surface area (Å²) in [5.41, 5.74) is 5.72. The van der Waals surface area contributed by atoms with Gasteiger partial charge in [-0.25, -0.2) is 4.79 Å². The summed E-state index contributed by atoms with van der Waals surface area (Å²) < 4.78 is 0. The lowest BCUT2D eigenvalue weighted by molar-refractivity contribution is 0.0281. The van der Waals surface area contributed by atoms with Gasteiger partial charge in [0.05, 0.1) is 0 Å². The second-order valence-electron chi connectivity index (χ2n) is 10.3. The first-order chi connectivity index (χ1) is 14.3. The van der Waals surface area contributed by atoms with Gasteiger partial charge in [0.15, 0.2) is 0 Å². The van der Waals surface area contributed by atoms with Crippen molar-refractivity contribution < 1.29 is 4.79 Å². The SMILES string of the molecule is CC(C)c1ccc2c(c1)CC[C@@H]1[C@@](C)(CNC(=O)Nc3ccccc3)CCC[C@@]21C. The molecule has 1 fully saturated rings. The fourth-order valence-corrected chi connectivity index (χ4v) is 6.19. The van der Waals surface area contributed by atoms with Crippen molar-refractivity contribution in [2.75, 3.05) is 11.9 Å². The van der Waals surface area contributed by atoms with Crippen LogP contribution >= 0.6 is 0 Å². The molecule has 30 heavy (non-hydrogen) atoms. The maximum atomic E-state index is 12.5. The molecule has 0 unspecified atom stereocenters. The molecule has 2 aliphatic carbocycles. The summed E-state index contributed by atoms with van der Waals surface area (Å²) in [7, 11) is 0. The van der Waals surface area contributed by atoms with E-state index in [0.29, 0.717) is 11.8 Å². The molecule has 0 aromatic heterocycles. The lowest BCUT2D eigenvalue weighted by atomic mass is 9.49. The molecular formula is C27H36N2O. The first kappa shape index (κ1) is 21.0. The molecule has 1 saturated carbocycles. The predicted octanol–water partition coefficient (Wildman–Crippen LogP) is 6.64. The van der Waals surface area contributed by atoms with Crippen molar-refractivity contribution in [2.45, 2.75) is 71.1 Å². The Morgan fingerprint density at radius 1 is 1.10 bits per heavy atom. The number of amides is 2. The number of rotatable bonds is 4. The van der Waals surface area contributed by atoms with Crippen molar-refractivity contribution in [2.24, 2.45) is 11.3 Å². The first-order valence-corrected chi connectivity index (χ1v) is 11.5. The second-order valence-corrected chi connectivity index (χ2v) is 10.3. The van der Waals surface area contributed by atoms with Crippen LogP contribution in [0.2, 0.25) is 0 Å². The van der Waals surface area contributed by atoms with Crippen molar-refractivity contribution in [1.29, 1.82) is 0 Å². The van der Waals surface area contributed by atoms with E-state index < -0.39 is 0 Å². The molecule has 2 aromatic carbocycles. The smallest absolute Gasteiger partial charge is 0.319 e. The number of fused-ring (bicyclic) bond motifs is 3. The molecule has 0 bridgehead atoms. The highest BCUT2D eigenvalue weighted by atomic mass is 16.2. The molecule has 3 atom stereocenters. The molecule has 3 nitrogen and oxygen atoms in total. The van der Waals surface area contributed by atoms with Crippen LogP contribution in [0, 0.1) is 11.3 Å². The summed E-state index contributed by atoms with van der Waals surface area (Å²) in [6.07, 6.45) is 6.01. The van der Waals surface area contributed by atoms with E-state index in [4.69, 9.17) is 0 Å².